The SMILES string of the molecule is CN1C(=O)CO[C@@H]2CN(C(=O)CCc3cccc(O)c3)CC[C@]21c1ccccc1. The first-order valence-corrected chi connectivity index (χ1v) is 10.00. The number of likely N-dealkylation sites (N-methyl/N-ethyl adjacent to an activating group) is 1. The van der Waals surface area contributed by atoms with Crippen LogP contribution < -0.4 is 0 Å². The maximum atomic E-state index is 12.8. The number of aromatic hydroxyl groups is 1. The van der Waals surface area contributed by atoms with Gasteiger partial charge in [0.2, 0.25) is 11.8 Å². The maximum Gasteiger partial charge on any atom is 0.249 e. The maximum absolute atomic E-state index is 12.8. The fraction of sp³-hybridized carbons (Fsp3) is 0.391. The summed E-state index contributed by atoms with van der Waals surface area (Å²) in [6.45, 7) is 1.08. The summed E-state index contributed by atoms with van der Waals surface area (Å²) >= 11 is 0. The molecule has 2 aliphatic rings. The van der Waals surface area contributed by atoms with Crippen LogP contribution >= 0.6 is 0 Å². The van der Waals surface area contributed by atoms with E-state index >= 15 is 0 Å². The van der Waals surface area contributed by atoms with Gasteiger partial charge in [0.1, 0.15) is 18.5 Å². The second-order valence-corrected chi connectivity index (χ2v) is 7.80. The molecule has 2 aromatic rings. The Morgan fingerprint density at radius 2 is 2.00 bits per heavy atom. The molecule has 0 bridgehead atoms. The molecular formula is C23H26N2O4. The molecule has 6 nitrogen and oxygen atoms in total. The van der Waals surface area contributed by atoms with Gasteiger partial charge in [-0.25, -0.2) is 0 Å². The Bertz CT molecular complexity index is 901. The molecule has 2 saturated heterocycles. The Kier molecular flexibility index (Phi) is 5.28. The minimum absolute atomic E-state index is 0.0336. The van der Waals surface area contributed by atoms with Crippen molar-refractivity contribution in [2.45, 2.75) is 30.9 Å². The van der Waals surface area contributed by atoms with E-state index in [-0.39, 0.29) is 30.3 Å². The Morgan fingerprint density at radius 1 is 1.21 bits per heavy atom. The molecule has 0 aromatic heterocycles. The van der Waals surface area contributed by atoms with Crippen LogP contribution in [-0.4, -0.2) is 59.6 Å². The molecule has 2 amide bonds. The number of amides is 2. The summed E-state index contributed by atoms with van der Waals surface area (Å²) in [7, 11) is 1.84. The lowest BCUT2D eigenvalue weighted by Gasteiger charge is -2.54. The van der Waals surface area contributed by atoms with Gasteiger partial charge in [-0.3, -0.25) is 9.59 Å². The van der Waals surface area contributed by atoms with Crippen molar-refractivity contribution in [3.8, 4) is 5.75 Å². The Hall–Kier alpha value is -2.86. The highest BCUT2D eigenvalue weighted by molar-refractivity contribution is 5.80. The smallest absolute Gasteiger partial charge is 0.249 e. The number of rotatable bonds is 4. The van der Waals surface area contributed by atoms with Gasteiger partial charge in [-0.05, 0) is 36.1 Å². The third-order valence-electron chi connectivity index (χ3n) is 6.23. The Balaban J connectivity index is 1.49. The highest BCUT2D eigenvalue weighted by Crippen LogP contribution is 2.42. The van der Waals surface area contributed by atoms with Crippen LogP contribution in [0.1, 0.15) is 24.0 Å². The molecule has 0 radical (unpaired) electrons. The molecule has 0 aliphatic carbocycles. The zero-order chi connectivity index (χ0) is 20.4. The number of benzene rings is 2. The van der Waals surface area contributed by atoms with E-state index < -0.39 is 5.54 Å². The van der Waals surface area contributed by atoms with Crippen LogP contribution in [-0.2, 0) is 26.3 Å². The summed E-state index contributed by atoms with van der Waals surface area (Å²) in [6.07, 6.45) is 1.34. The number of ether oxygens (including phenoxy) is 1. The number of hydrogen-bond donors (Lipinski definition) is 1. The number of piperidine rings is 1. The average molecular weight is 394 g/mol. The van der Waals surface area contributed by atoms with Crippen molar-refractivity contribution in [3.05, 3.63) is 65.7 Å². The Morgan fingerprint density at radius 3 is 2.76 bits per heavy atom. The lowest BCUT2D eigenvalue weighted by atomic mass is 9.76. The van der Waals surface area contributed by atoms with E-state index in [9.17, 15) is 14.7 Å². The zero-order valence-corrected chi connectivity index (χ0v) is 16.6. The molecule has 2 aliphatic heterocycles. The minimum Gasteiger partial charge on any atom is -0.508 e. The van der Waals surface area contributed by atoms with Gasteiger partial charge in [-0.2, -0.15) is 0 Å². The van der Waals surface area contributed by atoms with Gasteiger partial charge >= 0.3 is 0 Å². The molecule has 2 aromatic carbocycles. The number of hydrogen-bond acceptors (Lipinski definition) is 4. The molecular weight excluding hydrogens is 368 g/mol. The summed E-state index contributed by atoms with van der Waals surface area (Å²) in [5.41, 5.74) is 1.44. The van der Waals surface area contributed by atoms with Crippen molar-refractivity contribution >= 4 is 11.8 Å². The van der Waals surface area contributed by atoms with Crippen molar-refractivity contribution in [2.75, 3.05) is 26.7 Å². The predicted molar refractivity (Wildman–Crippen MR) is 108 cm³/mol. The summed E-state index contributed by atoms with van der Waals surface area (Å²) in [6, 6.07) is 17.0. The highest BCUT2D eigenvalue weighted by Gasteiger charge is 2.53. The lowest BCUT2D eigenvalue weighted by Crippen LogP contribution is -2.67. The molecule has 0 saturated carbocycles. The number of morpholine rings is 1. The van der Waals surface area contributed by atoms with Crippen LogP contribution in [0.15, 0.2) is 54.6 Å². The number of fused-ring (bicyclic) bond motifs is 1. The molecule has 1 N–H and O–H groups in total. The molecule has 0 spiro atoms. The summed E-state index contributed by atoms with van der Waals surface area (Å²) in [4.78, 5) is 28.9. The van der Waals surface area contributed by atoms with E-state index in [2.05, 4.69) is 0 Å². The zero-order valence-electron chi connectivity index (χ0n) is 16.6. The standard InChI is InChI=1S/C23H26N2O4/c1-24-22(28)16-29-20-15-25(13-12-23(20,24)18-7-3-2-4-8-18)21(27)11-10-17-6-5-9-19(26)14-17/h2-9,14,20,26H,10-13,15-16H2,1H3/t20-,23+/m1/s1. The number of phenolic OH excluding ortho intramolecular Hbond substituents is 1. The van der Waals surface area contributed by atoms with E-state index in [1.54, 1.807) is 18.2 Å². The van der Waals surface area contributed by atoms with Gasteiger partial charge in [0.05, 0.1) is 5.54 Å². The molecule has 152 valence electrons. The van der Waals surface area contributed by atoms with Gasteiger partial charge in [0.15, 0.2) is 0 Å². The summed E-state index contributed by atoms with van der Waals surface area (Å²) in [5, 5.41) is 9.60. The van der Waals surface area contributed by atoms with E-state index in [4.69, 9.17) is 4.74 Å². The van der Waals surface area contributed by atoms with Crippen molar-refractivity contribution in [3.63, 3.8) is 0 Å². The number of carbonyl (C=O) groups excluding carboxylic acids is 2. The second kappa shape index (κ2) is 7.87. The topological polar surface area (TPSA) is 70.1 Å². The molecule has 0 unspecified atom stereocenters. The molecule has 2 atom stereocenters. The number of phenols is 1. The van der Waals surface area contributed by atoms with Gasteiger partial charge in [-0.15, -0.1) is 0 Å². The lowest BCUT2D eigenvalue weighted by molar-refractivity contribution is -0.184. The van der Waals surface area contributed by atoms with E-state index in [1.165, 1.54) is 0 Å². The predicted octanol–water partition coefficient (Wildman–Crippen LogP) is 2.31. The first-order valence-electron chi connectivity index (χ1n) is 10.00. The van der Waals surface area contributed by atoms with Crippen molar-refractivity contribution in [2.24, 2.45) is 0 Å². The third kappa shape index (κ3) is 3.60. The van der Waals surface area contributed by atoms with Crippen molar-refractivity contribution < 1.29 is 19.4 Å². The highest BCUT2D eigenvalue weighted by atomic mass is 16.5. The summed E-state index contributed by atoms with van der Waals surface area (Å²) in [5.74, 6) is 0.246. The van der Waals surface area contributed by atoms with Crippen LogP contribution in [0.5, 0.6) is 5.75 Å². The quantitative estimate of drug-likeness (QED) is 0.864. The van der Waals surface area contributed by atoms with Gasteiger partial charge in [-0.1, -0.05) is 42.5 Å². The largest absolute Gasteiger partial charge is 0.508 e. The van der Waals surface area contributed by atoms with Crippen LogP contribution in [0.4, 0.5) is 0 Å². The molecule has 29 heavy (non-hydrogen) atoms. The van der Waals surface area contributed by atoms with Gasteiger partial charge in [0, 0.05) is 26.6 Å². The molecule has 2 fully saturated rings. The molecule has 4 rings (SSSR count). The van der Waals surface area contributed by atoms with Crippen LogP contribution in [0.2, 0.25) is 0 Å². The third-order valence-corrected chi connectivity index (χ3v) is 6.23. The first kappa shape index (κ1) is 19.5. The molecule has 6 heteroatoms. The number of aryl methyl sites for hydroxylation is 1. The van der Waals surface area contributed by atoms with Crippen LogP contribution in [0.25, 0.3) is 0 Å². The van der Waals surface area contributed by atoms with Crippen LogP contribution in [0, 0.1) is 0 Å². The van der Waals surface area contributed by atoms with Gasteiger partial charge in [0.25, 0.3) is 0 Å². The number of nitrogens with zero attached hydrogens (tertiary/aromatic N) is 2. The van der Waals surface area contributed by atoms with Crippen molar-refractivity contribution in [1.29, 1.82) is 0 Å². The van der Waals surface area contributed by atoms with Crippen LogP contribution in [0.3, 0.4) is 0 Å². The fourth-order valence-electron chi connectivity index (χ4n) is 4.57. The van der Waals surface area contributed by atoms with E-state index in [1.807, 2.05) is 53.2 Å². The van der Waals surface area contributed by atoms with Crippen molar-refractivity contribution in [1.82, 2.24) is 9.80 Å². The first-order chi connectivity index (χ1) is 14.0. The van der Waals surface area contributed by atoms with E-state index in [0.29, 0.717) is 32.4 Å². The molecule has 2 heterocycles. The number of carbonyl (C=O) groups is 2. The fourth-order valence-corrected chi connectivity index (χ4v) is 4.57. The number of likely N-dealkylation sites (tertiary alicyclic amines) is 1. The average Bonchev–Trinajstić information content (AvgIpc) is 2.75. The normalized spacial score (nSPS) is 24.3. The van der Waals surface area contributed by atoms with Gasteiger partial charge < -0.3 is 19.6 Å². The monoisotopic (exact) mass is 394 g/mol. The summed E-state index contributed by atoms with van der Waals surface area (Å²) < 4.78 is 5.96. The minimum atomic E-state index is -0.543. The second-order valence-electron chi connectivity index (χ2n) is 7.80. The Labute approximate surface area is 170 Å². The van der Waals surface area contributed by atoms with E-state index in [0.717, 1.165) is 11.1 Å².